The molecule has 156 valence electrons. The first kappa shape index (κ1) is 20.6. The molecule has 1 N–H and O–H groups in total. The van der Waals surface area contributed by atoms with Crippen LogP contribution < -0.4 is 14.8 Å². The SMILES string of the molecule is COc1ncc(Nc2cc(OC3CCN(C(=O)OC(C)C)CC3)ncn2)cc1C. The second-order valence-corrected chi connectivity index (χ2v) is 7.15. The van der Waals surface area contributed by atoms with Crippen LogP contribution in [0.4, 0.5) is 16.3 Å². The molecule has 2 aromatic heterocycles. The van der Waals surface area contributed by atoms with Gasteiger partial charge in [0.05, 0.1) is 25.1 Å². The summed E-state index contributed by atoms with van der Waals surface area (Å²) < 4.78 is 16.4. The van der Waals surface area contributed by atoms with E-state index in [1.54, 1.807) is 24.3 Å². The molecule has 1 aliphatic rings. The van der Waals surface area contributed by atoms with Crippen LogP contribution in [0.3, 0.4) is 0 Å². The van der Waals surface area contributed by atoms with E-state index in [2.05, 4.69) is 20.3 Å². The maximum Gasteiger partial charge on any atom is 0.410 e. The van der Waals surface area contributed by atoms with Gasteiger partial charge in [0.15, 0.2) is 0 Å². The van der Waals surface area contributed by atoms with Crippen molar-refractivity contribution in [2.45, 2.75) is 45.8 Å². The van der Waals surface area contributed by atoms with Crippen molar-refractivity contribution in [3.8, 4) is 11.8 Å². The Morgan fingerprint density at radius 1 is 1.21 bits per heavy atom. The topological polar surface area (TPSA) is 98.7 Å². The monoisotopic (exact) mass is 401 g/mol. The smallest absolute Gasteiger partial charge is 0.410 e. The number of hydrogen-bond acceptors (Lipinski definition) is 8. The molecule has 9 nitrogen and oxygen atoms in total. The van der Waals surface area contributed by atoms with Crippen molar-refractivity contribution < 1.29 is 19.0 Å². The average Bonchev–Trinajstić information content (AvgIpc) is 2.68. The lowest BCUT2D eigenvalue weighted by molar-refractivity contribution is 0.0507. The molecule has 29 heavy (non-hydrogen) atoms. The van der Waals surface area contributed by atoms with Gasteiger partial charge >= 0.3 is 6.09 Å². The van der Waals surface area contributed by atoms with Crippen LogP contribution in [0.2, 0.25) is 0 Å². The number of rotatable bonds is 6. The van der Waals surface area contributed by atoms with Gasteiger partial charge in [-0.15, -0.1) is 0 Å². The minimum Gasteiger partial charge on any atom is -0.481 e. The average molecular weight is 401 g/mol. The predicted octanol–water partition coefficient (Wildman–Crippen LogP) is 3.32. The van der Waals surface area contributed by atoms with Crippen molar-refractivity contribution >= 4 is 17.6 Å². The number of methoxy groups -OCH3 is 1. The molecule has 1 saturated heterocycles. The fourth-order valence-corrected chi connectivity index (χ4v) is 3.07. The molecule has 1 amide bonds. The van der Waals surface area contributed by atoms with Crippen LogP contribution in [0.5, 0.6) is 11.8 Å². The highest BCUT2D eigenvalue weighted by Crippen LogP contribution is 2.23. The standard InChI is InChI=1S/C20H27N5O4/c1-13(2)28-20(26)25-7-5-16(6-8-25)29-18-10-17(22-12-23-18)24-15-9-14(3)19(27-4)21-11-15/h9-13,16H,5-8H2,1-4H3,(H,22,23,24). The number of hydrogen-bond donors (Lipinski definition) is 1. The highest BCUT2D eigenvalue weighted by Gasteiger charge is 2.25. The third-order valence-corrected chi connectivity index (χ3v) is 4.46. The lowest BCUT2D eigenvalue weighted by Crippen LogP contribution is -2.42. The van der Waals surface area contributed by atoms with Crippen molar-refractivity contribution in [2.24, 2.45) is 0 Å². The Morgan fingerprint density at radius 3 is 2.62 bits per heavy atom. The fourth-order valence-electron chi connectivity index (χ4n) is 3.07. The molecule has 0 radical (unpaired) electrons. The Morgan fingerprint density at radius 2 is 1.97 bits per heavy atom. The number of carbonyl (C=O) groups is 1. The molecular formula is C20H27N5O4. The van der Waals surface area contributed by atoms with Gasteiger partial charge in [-0.1, -0.05) is 0 Å². The number of anilines is 2. The van der Waals surface area contributed by atoms with Crippen molar-refractivity contribution in [3.63, 3.8) is 0 Å². The van der Waals surface area contributed by atoms with Crippen LogP contribution in [-0.2, 0) is 4.74 Å². The zero-order valence-corrected chi connectivity index (χ0v) is 17.2. The van der Waals surface area contributed by atoms with Gasteiger partial charge in [-0.2, -0.15) is 0 Å². The molecule has 0 bridgehead atoms. The Kier molecular flexibility index (Phi) is 6.69. The summed E-state index contributed by atoms with van der Waals surface area (Å²) >= 11 is 0. The highest BCUT2D eigenvalue weighted by molar-refractivity contribution is 5.67. The maximum absolute atomic E-state index is 12.0. The van der Waals surface area contributed by atoms with E-state index >= 15 is 0 Å². The molecule has 2 aromatic rings. The van der Waals surface area contributed by atoms with Crippen LogP contribution >= 0.6 is 0 Å². The molecule has 0 aromatic carbocycles. The van der Waals surface area contributed by atoms with Crippen molar-refractivity contribution in [3.05, 3.63) is 30.2 Å². The zero-order chi connectivity index (χ0) is 20.8. The zero-order valence-electron chi connectivity index (χ0n) is 17.2. The third-order valence-electron chi connectivity index (χ3n) is 4.46. The van der Waals surface area contributed by atoms with E-state index in [0.29, 0.717) is 30.7 Å². The number of amides is 1. The van der Waals surface area contributed by atoms with E-state index in [1.165, 1.54) is 6.33 Å². The number of aryl methyl sites for hydroxylation is 1. The van der Waals surface area contributed by atoms with Crippen LogP contribution in [-0.4, -0.2) is 58.4 Å². The molecule has 1 aliphatic heterocycles. The molecule has 9 heteroatoms. The summed E-state index contributed by atoms with van der Waals surface area (Å²) in [5.41, 5.74) is 1.72. The van der Waals surface area contributed by atoms with Gasteiger partial charge in [0.1, 0.15) is 18.2 Å². The van der Waals surface area contributed by atoms with Crippen molar-refractivity contribution in [1.29, 1.82) is 0 Å². The van der Waals surface area contributed by atoms with Crippen LogP contribution in [0.15, 0.2) is 24.7 Å². The number of ether oxygens (including phenoxy) is 3. The largest absolute Gasteiger partial charge is 0.481 e. The summed E-state index contributed by atoms with van der Waals surface area (Å²) in [4.78, 5) is 26.4. The first-order chi connectivity index (χ1) is 13.9. The molecule has 0 spiro atoms. The third kappa shape index (κ3) is 5.69. The molecular weight excluding hydrogens is 374 g/mol. The summed E-state index contributed by atoms with van der Waals surface area (Å²) in [5, 5.41) is 3.20. The highest BCUT2D eigenvalue weighted by atomic mass is 16.6. The maximum atomic E-state index is 12.0. The first-order valence-corrected chi connectivity index (χ1v) is 9.66. The lowest BCUT2D eigenvalue weighted by Gasteiger charge is -2.31. The van der Waals surface area contributed by atoms with Crippen molar-refractivity contribution in [1.82, 2.24) is 19.9 Å². The number of piperidine rings is 1. The van der Waals surface area contributed by atoms with Gasteiger partial charge in [-0.25, -0.2) is 19.7 Å². The summed E-state index contributed by atoms with van der Waals surface area (Å²) in [6.07, 6.45) is 4.19. The van der Waals surface area contributed by atoms with E-state index in [0.717, 1.165) is 24.1 Å². The normalized spacial score (nSPS) is 14.6. The first-order valence-electron chi connectivity index (χ1n) is 9.66. The summed E-state index contributed by atoms with van der Waals surface area (Å²) in [6, 6.07) is 3.68. The van der Waals surface area contributed by atoms with E-state index < -0.39 is 0 Å². The van der Waals surface area contributed by atoms with Crippen LogP contribution in [0.1, 0.15) is 32.3 Å². The molecule has 0 saturated carbocycles. The molecule has 0 atom stereocenters. The van der Waals surface area contributed by atoms with Crippen LogP contribution in [0.25, 0.3) is 0 Å². The van der Waals surface area contributed by atoms with E-state index in [1.807, 2.05) is 26.8 Å². The van der Waals surface area contributed by atoms with E-state index in [9.17, 15) is 4.79 Å². The minimum absolute atomic E-state index is 0.00857. The summed E-state index contributed by atoms with van der Waals surface area (Å²) in [5.74, 6) is 1.69. The number of nitrogens with one attached hydrogen (secondary N) is 1. The molecule has 1 fully saturated rings. The second kappa shape index (κ2) is 9.40. The Balaban J connectivity index is 1.55. The summed E-state index contributed by atoms with van der Waals surface area (Å²) in [7, 11) is 1.59. The minimum atomic E-state index is -0.268. The molecule has 0 aliphatic carbocycles. The Bertz CT molecular complexity index is 837. The van der Waals surface area contributed by atoms with Crippen LogP contribution in [0, 0.1) is 6.92 Å². The van der Waals surface area contributed by atoms with Gasteiger partial charge in [0.25, 0.3) is 0 Å². The Hall–Kier alpha value is -3.10. The number of nitrogens with zero attached hydrogens (tertiary/aromatic N) is 4. The van der Waals surface area contributed by atoms with Gasteiger partial charge < -0.3 is 24.4 Å². The number of likely N-dealkylation sites (tertiary alicyclic amines) is 1. The number of carbonyl (C=O) groups excluding carboxylic acids is 1. The molecule has 0 unspecified atom stereocenters. The fraction of sp³-hybridized carbons (Fsp3) is 0.500. The number of aromatic nitrogens is 3. The second-order valence-electron chi connectivity index (χ2n) is 7.15. The van der Waals surface area contributed by atoms with Gasteiger partial charge in [0, 0.05) is 37.6 Å². The molecule has 3 heterocycles. The van der Waals surface area contributed by atoms with Gasteiger partial charge in [-0.3, -0.25) is 0 Å². The van der Waals surface area contributed by atoms with E-state index in [4.69, 9.17) is 14.2 Å². The lowest BCUT2D eigenvalue weighted by atomic mass is 10.1. The predicted molar refractivity (Wildman–Crippen MR) is 108 cm³/mol. The van der Waals surface area contributed by atoms with Gasteiger partial charge in [-0.05, 0) is 26.8 Å². The Labute approximate surface area is 170 Å². The van der Waals surface area contributed by atoms with Gasteiger partial charge in [0.2, 0.25) is 11.8 Å². The van der Waals surface area contributed by atoms with Crippen molar-refractivity contribution in [2.75, 3.05) is 25.5 Å². The molecule has 3 rings (SSSR count). The summed E-state index contributed by atoms with van der Waals surface area (Å²) in [6.45, 7) is 6.82. The van der Waals surface area contributed by atoms with E-state index in [-0.39, 0.29) is 18.3 Å². The quantitative estimate of drug-likeness (QED) is 0.787. The number of pyridine rings is 1.